The van der Waals surface area contributed by atoms with Gasteiger partial charge < -0.3 is 9.73 Å². The summed E-state index contributed by atoms with van der Waals surface area (Å²) in [6.45, 7) is 1.99. The van der Waals surface area contributed by atoms with Crippen LogP contribution in [0.25, 0.3) is 10.9 Å². The zero-order chi connectivity index (χ0) is 14.1. The molecule has 20 heavy (non-hydrogen) atoms. The van der Waals surface area contributed by atoms with Crippen molar-refractivity contribution in [3.63, 3.8) is 0 Å². The van der Waals surface area contributed by atoms with Crippen molar-refractivity contribution in [2.75, 3.05) is 5.32 Å². The second-order valence-electron chi connectivity index (χ2n) is 4.39. The molecule has 2 heterocycles. The molecule has 1 amide bonds. The summed E-state index contributed by atoms with van der Waals surface area (Å²) in [5.74, 6) is -0.0285. The molecule has 3 rings (SSSR count). The van der Waals surface area contributed by atoms with Gasteiger partial charge in [0.15, 0.2) is 10.4 Å². The number of halogens is 1. The van der Waals surface area contributed by atoms with Crippen molar-refractivity contribution in [2.24, 2.45) is 0 Å². The number of rotatable bonds is 2. The van der Waals surface area contributed by atoms with Crippen LogP contribution in [0.4, 0.5) is 5.69 Å². The van der Waals surface area contributed by atoms with Gasteiger partial charge in [0.05, 0.1) is 11.2 Å². The first-order valence-electron chi connectivity index (χ1n) is 6.06. The number of fused-ring (bicyclic) bond motifs is 1. The number of aromatic nitrogens is 1. The third-order valence-electron chi connectivity index (χ3n) is 3.02. The van der Waals surface area contributed by atoms with Crippen LogP contribution >= 0.6 is 15.9 Å². The van der Waals surface area contributed by atoms with Crippen molar-refractivity contribution in [1.29, 1.82) is 0 Å². The summed E-state index contributed by atoms with van der Waals surface area (Å²) in [6.07, 6.45) is 1.68. The molecule has 0 radical (unpaired) electrons. The lowest BCUT2D eigenvalue weighted by molar-refractivity contribution is 0.0995. The molecule has 2 aromatic heterocycles. The summed E-state index contributed by atoms with van der Waals surface area (Å²) in [4.78, 5) is 16.5. The van der Waals surface area contributed by atoms with Crippen LogP contribution in [0.2, 0.25) is 0 Å². The van der Waals surface area contributed by atoms with Gasteiger partial charge in [-0.25, -0.2) is 0 Å². The van der Waals surface area contributed by atoms with Crippen molar-refractivity contribution in [1.82, 2.24) is 4.98 Å². The Kier molecular flexibility index (Phi) is 3.28. The number of carbonyl (C=O) groups excluding carboxylic acids is 1. The van der Waals surface area contributed by atoms with E-state index in [1.54, 1.807) is 24.4 Å². The third-order valence-corrected chi connectivity index (χ3v) is 3.44. The fourth-order valence-electron chi connectivity index (χ4n) is 2.05. The van der Waals surface area contributed by atoms with Crippen molar-refractivity contribution in [3.05, 3.63) is 58.6 Å². The number of hydrogen-bond donors (Lipinski definition) is 1. The predicted molar refractivity (Wildman–Crippen MR) is 80.8 cm³/mol. The largest absolute Gasteiger partial charge is 0.444 e. The van der Waals surface area contributed by atoms with E-state index in [1.165, 1.54) is 0 Å². The van der Waals surface area contributed by atoms with Crippen molar-refractivity contribution in [3.8, 4) is 0 Å². The number of pyridine rings is 1. The van der Waals surface area contributed by atoms with Crippen LogP contribution in [0.1, 0.15) is 16.1 Å². The molecule has 100 valence electrons. The Morgan fingerprint density at radius 2 is 2.10 bits per heavy atom. The van der Waals surface area contributed by atoms with Gasteiger partial charge in [-0.05, 0) is 46.6 Å². The number of amides is 1. The molecule has 0 aliphatic carbocycles. The number of para-hydroxylation sites is 1. The molecule has 5 heteroatoms. The topological polar surface area (TPSA) is 55.1 Å². The van der Waals surface area contributed by atoms with Gasteiger partial charge in [-0.2, -0.15) is 0 Å². The van der Waals surface area contributed by atoms with Crippen LogP contribution in [-0.2, 0) is 0 Å². The quantitative estimate of drug-likeness (QED) is 0.767. The van der Waals surface area contributed by atoms with Gasteiger partial charge in [-0.3, -0.25) is 9.78 Å². The molecule has 1 aromatic carbocycles. The van der Waals surface area contributed by atoms with Crippen molar-refractivity contribution >= 4 is 38.4 Å². The molecule has 1 N–H and O–H groups in total. The minimum atomic E-state index is -0.287. The van der Waals surface area contributed by atoms with Crippen molar-refractivity contribution in [2.45, 2.75) is 6.92 Å². The van der Waals surface area contributed by atoms with Gasteiger partial charge >= 0.3 is 0 Å². The van der Waals surface area contributed by atoms with E-state index in [4.69, 9.17) is 4.42 Å². The summed E-state index contributed by atoms with van der Waals surface area (Å²) in [5, 5.41) is 3.76. The van der Waals surface area contributed by atoms with E-state index in [0.29, 0.717) is 4.67 Å². The number of aryl methyl sites for hydroxylation is 1. The average Bonchev–Trinajstić information content (AvgIpc) is 2.87. The first kappa shape index (κ1) is 12.9. The molecular formula is C15H11BrN2O2. The Morgan fingerprint density at radius 3 is 2.85 bits per heavy atom. The Hall–Kier alpha value is -2.14. The standard InChI is InChI=1S/C15H11BrN2O2/c1-9-3-2-4-10-11(7-8-17-14(9)10)18-15(19)12-5-6-13(16)20-12/h2-8H,1H3,(H,17,18,19). The van der Waals surface area contributed by atoms with E-state index in [2.05, 4.69) is 26.2 Å². The zero-order valence-corrected chi connectivity index (χ0v) is 12.3. The third kappa shape index (κ3) is 2.32. The number of hydrogen-bond acceptors (Lipinski definition) is 3. The van der Waals surface area contributed by atoms with E-state index in [1.807, 2.05) is 25.1 Å². The number of benzene rings is 1. The second kappa shape index (κ2) is 5.09. The van der Waals surface area contributed by atoms with Gasteiger partial charge in [0.25, 0.3) is 5.91 Å². The summed E-state index contributed by atoms with van der Waals surface area (Å²) in [5.41, 5.74) is 2.67. The monoisotopic (exact) mass is 330 g/mol. The minimum absolute atomic E-state index is 0.259. The fraction of sp³-hybridized carbons (Fsp3) is 0.0667. The lowest BCUT2D eigenvalue weighted by Crippen LogP contribution is -2.11. The molecule has 0 aliphatic rings. The summed E-state index contributed by atoms with van der Waals surface area (Å²) in [7, 11) is 0. The molecule has 0 fully saturated rings. The van der Waals surface area contributed by atoms with E-state index in [9.17, 15) is 4.79 Å². The molecule has 0 atom stereocenters. The van der Waals surface area contributed by atoms with Crippen molar-refractivity contribution < 1.29 is 9.21 Å². The highest BCUT2D eigenvalue weighted by Crippen LogP contribution is 2.24. The van der Waals surface area contributed by atoms with Gasteiger partial charge in [0.1, 0.15) is 0 Å². The number of anilines is 1. The number of carbonyl (C=O) groups is 1. The van der Waals surface area contributed by atoms with E-state index >= 15 is 0 Å². The lowest BCUT2D eigenvalue weighted by atomic mass is 10.1. The van der Waals surface area contributed by atoms with E-state index in [0.717, 1.165) is 22.2 Å². The van der Waals surface area contributed by atoms with Crippen LogP contribution in [0.5, 0.6) is 0 Å². The van der Waals surface area contributed by atoms with Gasteiger partial charge in [0.2, 0.25) is 0 Å². The summed E-state index contributed by atoms with van der Waals surface area (Å²) in [6, 6.07) is 10.9. The van der Waals surface area contributed by atoms with Crippen LogP contribution in [0, 0.1) is 6.92 Å². The average molecular weight is 331 g/mol. The highest BCUT2D eigenvalue weighted by Gasteiger charge is 2.12. The fourth-order valence-corrected chi connectivity index (χ4v) is 2.36. The normalized spacial score (nSPS) is 10.7. The molecule has 0 bridgehead atoms. The highest BCUT2D eigenvalue weighted by molar-refractivity contribution is 9.10. The second-order valence-corrected chi connectivity index (χ2v) is 5.17. The first-order valence-corrected chi connectivity index (χ1v) is 6.85. The Balaban J connectivity index is 1.99. The maximum atomic E-state index is 12.1. The summed E-state index contributed by atoms with van der Waals surface area (Å²) >= 11 is 3.18. The smallest absolute Gasteiger partial charge is 0.291 e. The van der Waals surface area contributed by atoms with Gasteiger partial charge in [-0.15, -0.1) is 0 Å². The number of furan rings is 1. The van der Waals surface area contributed by atoms with E-state index < -0.39 is 0 Å². The molecule has 0 aliphatic heterocycles. The van der Waals surface area contributed by atoms with Crippen LogP contribution in [0.3, 0.4) is 0 Å². The predicted octanol–water partition coefficient (Wildman–Crippen LogP) is 4.15. The SMILES string of the molecule is Cc1cccc2c(NC(=O)c3ccc(Br)o3)ccnc12. The Bertz CT molecular complexity index is 795. The van der Waals surface area contributed by atoms with Crippen LogP contribution in [0.15, 0.2) is 51.7 Å². The van der Waals surface area contributed by atoms with E-state index in [-0.39, 0.29) is 11.7 Å². The van der Waals surface area contributed by atoms with Gasteiger partial charge in [0, 0.05) is 11.6 Å². The Labute approximate surface area is 123 Å². The molecule has 0 saturated carbocycles. The zero-order valence-electron chi connectivity index (χ0n) is 10.7. The number of nitrogens with zero attached hydrogens (tertiary/aromatic N) is 1. The van der Waals surface area contributed by atoms with Crippen LogP contribution in [-0.4, -0.2) is 10.9 Å². The lowest BCUT2D eigenvalue weighted by Gasteiger charge is -2.08. The minimum Gasteiger partial charge on any atom is -0.444 e. The Morgan fingerprint density at radius 1 is 1.25 bits per heavy atom. The first-order chi connectivity index (χ1) is 9.65. The van der Waals surface area contributed by atoms with Crippen LogP contribution < -0.4 is 5.32 Å². The molecule has 4 nitrogen and oxygen atoms in total. The van der Waals surface area contributed by atoms with Gasteiger partial charge in [-0.1, -0.05) is 18.2 Å². The summed E-state index contributed by atoms with van der Waals surface area (Å²) < 4.78 is 5.77. The maximum absolute atomic E-state index is 12.1. The molecule has 3 aromatic rings. The number of nitrogens with one attached hydrogen (secondary N) is 1. The molecule has 0 saturated heterocycles. The molecule has 0 spiro atoms. The maximum Gasteiger partial charge on any atom is 0.291 e. The highest BCUT2D eigenvalue weighted by atomic mass is 79.9. The molecule has 0 unspecified atom stereocenters. The molecular weight excluding hydrogens is 320 g/mol.